The van der Waals surface area contributed by atoms with Crippen molar-refractivity contribution in [3.05, 3.63) is 57.5 Å². The van der Waals surface area contributed by atoms with E-state index in [1.165, 1.54) is 4.90 Å². The van der Waals surface area contributed by atoms with Gasteiger partial charge in [-0.05, 0) is 37.6 Å². The number of ether oxygens (including phenoxy) is 1. The molecule has 7 nitrogen and oxygen atoms in total. The molecular weight excluding hydrogens is 334 g/mol. The Labute approximate surface area is 151 Å². The lowest BCUT2D eigenvalue weighted by Crippen LogP contribution is -2.41. The predicted octanol–water partition coefficient (Wildman–Crippen LogP) is 1.42. The van der Waals surface area contributed by atoms with Gasteiger partial charge in [0.15, 0.2) is 0 Å². The molecule has 0 saturated heterocycles. The summed E-state index contributed by atoms with van der Waals surface area (Å²) in [6, 6.07) is 8.99. The second kappa shape index (κ2) is 7.43. The van der Waals surface area contributed by atoms with Gasteiger partial charge in [0.2, 0.25) is 11.8 Å². The normalized spacial score (nSPS) is 13.6. The topological polar surface area (TPSA) is 91.5 Å². The number of anilines is 1. The third kappa shape index (κ3) is 3.77. The van der Waals surface area contributed by atoms with E-state index in [4.69, 9.17) is 4.74 Å². The lowest BCUT2D eigenvalue weighted by molar-refractivity contribution is -0.124. The zero-order valence-electron chi connectivity index (χ0n) is 14.8. The molecule has 0 atom stereocenters. The number of rotatable bonds is 4. The summed E-state index contributed by atoms with van der Waals surface area (Å²) < 4.78 is 5.56. The Morgan fingerprint density at radius 2 is 2.04 bits per heavy atom. The maximum absolute atomic E-state index is 12.4. The van der Waals surface area contributed by atoms with Crippen LogP contribution in [0.25, 0.3) is 0 Å². The summed E-state index contributed by atoms with van der Waals surface area (Å²) in [4.78, 5) is 40.9. The van der Waals surface area contributed by atoms with Crippen LogP contribution in [0.4, 0.5) is 5.69 Å². The Balaban J connectivity index is 1.72. The van der Waals surface area contributed by atoms with E-state index in [0.29, 0.717) is 17.0 Å². The minimum Gasteiger partial charge on any atom is -0.491 e. The number of para-hydroxylation sites is 2. The number of hydrogen-bond donors (Lipinski definition) is 2. The van der Waals surface area contributed by atoms with Crippen molar-refractivity contribution in [2.45, 2.75) is 26.8 Å². The van der Waals surface area contributed by atoms with Crippen molar-refractivity contribution in [3.63, 3.8) is 0 Å². The summed E-state index contributed by atoms with van der Waals surface area (Å²) in [5.74, 6) is 0.0702. The van der Waals surface area contributed by atoms with Gasteiger partial charge in [0.25, 0.3) is 5.56 Å². The molecule has 0 bridgehead atoms. The van der Waals surface area contributed by atoms with Gasteiger partial charge in [0.05, 0.1) is 18.7 Å². The fourth-order valence-corrected chi connectivity index (χ4v) is 2.98. The van der Waals surface area contributed by atoms with Crippen LogP contribution in [0, 0.1) is 13.8 Å². The molecule has 1 aliphatic heterocycles. The molecule has 7 heteroatoms. The summed E-state index contributed by atoms with van der Waals surface area (Å²) in [5, 5.41) is 2.73. The third-order valence-corrected chi connectivity index (χ3v) is 4.29. The summed E-state index contributed by atoms with van der Waals surface area (Å²) in [6.07, 6.45) is 0.207. The Kier molecular flexibility index (Phi) is 5.06. The molecule has 0 fully saturated rings. The Morgan fingerprint density at radius 3 is 2.81 bits per heavy atom. The highest BCUT2D eigenvalue weighted by Crippen LogP contribution is 2.30. The number of aromatic amines is 1. The molecule has 0 unspecified atom stereocenters. The second-order valence-electron chi connectivity index (χ2n) is 6.27. The van der Waals surface area contributed by atoms with Crippen molar-refractivity contribution < 1.29 is 14.3 Å². The van der Waals surface area contributed by atoms with E-state index in [0.717, 1.165) is 11.3 Å². The number of hydrogen-bond acceptors (Lipinski definition) is 4. The number of aryl methyl sites for hydroxylation is 2. The SMILES string of the molecule is Cc1cc(C)c(CNC(=O)CN2C(=O)CCOc3ccccc32)c(=O)[nH]1. The van der Waals surface area contributed by atoms with Crippen LogP contribution in [0.2, 0.25) is 0 Å². The monoisotopic (exact) mass is 355 g/mol. The number of carbonyl (C=O) groups excluding carboxylic acids is 2. The lowest BCUT2D eigenvalue weighted by Gasteiger charge is -2.21. The standard InChI is InChI=1S/C19H21N3O4/c1-12-9-13(2)21-19(25)14(12)10-20-17(23)11-22-15-5-3-4-6-16(15)26-8-7-18(22)24/h3-6,9H,7-8,10-11H2,1-2H3,(H,20,23)(H,21,25). The fraction of sp³-hybridized carbons (Fsp3) is 0.316. The first kappa shape index (κ1) is 17.7. The van der Waals surface area contributed by atoms with E-state index in [1.807, 2.05) is 19.1 Å². The summed E-state index contributed by atoms with van der Waals surface area (Å²) in [7, 11) is 0. The second-order valence-corrected chi connectivity index (χ2v) is 6.27. The highest BCUT2D eigenvalue weighted by atomic mass is 16.5. The first-order valence-corrected chi connectivity index (χ1v) is 8.44. The van der Waals surface area contributed by atoms with Crippen LogP contribution < -0.4 is 20.5 Å². The van der Waals surface area contributed by atoms with Crippen molar-refractivity contribution in [3.8, 4) is 5.75 Å². The van der Waals surface area contributed by atoms with Gasteiger partial charge in [-0.1, -0.05) is 12.1 Å². The van der Waals surface area contributed by atoms with Gasteiger partial charge in [-0.25, -0.2) is 0 Å². The molecule has 0 saturated carbocycles. The Bertz CT molecular complexity index is 904. The van der Waals surface area contributed by atoms with Gasteiger partial charge in [-0.15, -0.1) is 0 Å². The Morgan fingerprint density at radius 1 is 1.27 bits per heavy atom. The van der Waals surface area contributed by atoms with E-state index in [2.05, 4.69) is 10.3 Å². The summed E-state index contributed by atoms with van der Waals surface area (Å²) in [5.41, 5.74) is 2.46. The number of H-pyrrole nitrogens is 1. The van der Waals surface area contributed by atoms with E-state index >= 15 is 0 Å². The zero-order valence-corrected chi connectivity index (χ0v) is 14.8. The van der Waals surface area contributed by atoms with Gasteiger partial charge in [-0.3, -0.25) is 19.3 Å². The smallest absolute Gasteiger partial charge is 0.253 e. The van der Waals surface area contributed by atoms with E-state index in [1.54, 1.807) is 25.1 Å². The Hall–Kier alpha value is -3.09. The molecule has 2 heterocycles. The van der Waals surface area contributed by atoms with Crippen molar-refractivity contribution >= 4 is 17.5 Å². The predicted molar refractivity (Wildman–Crippen MR) is 97.3 cm³/mol. The average molecular weight is 355 g/mol. The fourth-order valence-electron chi connectivity index (χ4n) is 2.98. The molecule has 3 rings (SSSR count). The maximum atomic E-state index is 12.4. The van der Waals surface area contributed by atoms with Crippen LogP contribution in [0.15, 0.2) is 35.1 Å². The van der Waals surface area contributed by atoms with Crippen molar-refractivity contribution in [2.24, 2.45) is 0 Å². The average Bonchev–Trinajstić information content (AvgIpc) is 2.73. The van der Waals surface area contributed by atoms with E-state index in [-0.39, 0.29) is 43.5 Å². The van der Waals surface area contributed by atoms with Crippen LogP contribution in [-0.2, 0) is 16.1 Å². The number of nitrogens with zero attached hydrogens (tertiary/aromatic N) is 1. The molecule has 2 N–H and O–H groups in total. The van der Waals surface area contributed by atoms with Crippen LogP contribution >= 0.6 is 0 Å². The van der Waals surface area contributed by atoms with Gasteiger partial charge in [-0.2, -0.15) is 0 Å². The third-order valence-electron chi connectivity index (χ3n) is 4.29. The number of carbonyl (C=O) groups is 2. The number of pyridine rings is 1. The lowest BCUT2D eigenvalue weighted by atomic mass is 10.1. The highest BCUT2D eigenvalue weighted by molar-refractivity contribution is 6.00. The molecule has 0 radical (unpaired) electrons. The molecule has 136 valence electrons. The highest BCUT2D eigenvalue weighted by Gasteiger charge is 2.25. The summed E-state index contributed by atoms with van der Waals surface area (Å²) in [6.45, 7) is 3.91. The molecule has 26 heavy (non-hydrogen) atoms. The number of amides is 2. The molecule has 0 aliphatic carbocycles. The zero-order chi connectivity index (χ0) is 18.7. The van der Waals surface area contributed by atoms with Crippen molar-refractivity contribution in [1.82, 2.24) is 10.3 Å². The van der Waals surface area contributed by atoms with Crippen LogP contribution in [0.1, 0.15) is 23.2 Å². The molecule has 1 aromatic heterocycles. The van der Waals surface area contributed by atoms with Crippen molar-refractivity contribution in [1.29, 1.82) is 0 Å². The van der Waals surface area contributed by atoms with Gasteiger partial charge >= 0.3 is 0 Å². The number of nitrogens with one attached hydrogen (secondary N) is 2. The maximum Gasteiger partial charge on any atom is 0.253 e. The van der Waals surface area contributed by atoms with Crippen LogP contribution in [-0.4, -0.2) is 29.9 Å². The number of aromatic nitrogens is 1. The number of fused-ring (bicyclic) bond motifs is 1. The van der Waals surface area contributed by atoms with Gasteiger partial charge in [0, 0.05) is 17.8 Å². The van der Waals surface area contributed by atoms with E-state index in [9.17, 15) is 14.4 Å². The molecular formula is C19H21N3O4. The number of benzene rings is 1. The van der Waals surface area contributed by atoms with Gasteiger partial charge < -0.3 is 15.0 Å². The first-order valence-electron chi connectivity index (χ1n) is 8.44. The quantitative estimate of drug-likeness (QED) is 0.868. The molecule has 1 aromatic carbocycles. The first-order chi connectivity index (χ1) is 12.5. The molecule has 1 aliphatic rings. The largest absolute Gasteiger partial charge is 0.491 e. The molecule has 2 amide bonds. The van der Waals surface area contributed by atoms with Gasteiger partial charge in [0.1, 0.15) is 12.3 Å². The van der Waals surface area contributed by atoms with E-state index < -0.39 is 0 Å². The molecule has 0 spiro atoms. The van der Waals surface area contributed by atoms with Crippen LogP contribution in [0.3, 0.4) is 0 Å². The summed E-state index contributed by atoms with van der Waals surface area (Å²) >= 11 is 0. The minimum atomic E-state index is -0.338. The van der Waals surface area contributed by atoms with Crippen molar-refractivity contribution in [2.75, 3.05) is 18.1 Å². The molecule has 2 aromatic rings. The van der Waals surface area contributed by atoms with Crippen LogP contribution in [0.5, 0.6) is 5.75 Å². The minimum absolute atomic E-state index is 0.112.